The highest BCUT2D eigenvalue weighted by Gasteiger charge is 2.38. The van der Waals surface area contributed by atoms with Gasteiger partial charge in [-0.3, -0.25) is 14.6 Å². The second-order valence-electron chi connectivity index (χ2n) is 5.66. The molecule has 22 heavy (non-hydrogen) atoms. The predicted molar refractivity (Wildman–Crippen MR) is 82.5 cm³/mol. The minimum absolute atomic E-state index is 0.0900. The maximum absolute atomic E-state index is 12.7. The summed E-state index contributed by atoms with van der Waals surface area (Å²) in [6, 6.07) is 11.6. The summed E-state index contributed by atoms with van der Waals surface area (Å²) in [5.41, 5.74) is 1.75. The fraction of sp³-hybridized carbons (Fsp3) is 0.375. The van der Waals surface area contributed by atoms with Gasteiger partial charge in [0.1, 0.15) is 11.7 Å². The van der Waals surface area contributed by atoms with Crippen molar-refractivity contribution in [2.45, 2.75) is 6.04 Å². The molecular weight excluding hydrogens is 280 g/mol. The summed E-state index contributed by atoms with van der Waals surface area (Å²) in [7, 11) is 0. The largest absolute Gasteiger partial charge is 0.338 e. The topological polar surface area (TPSA) is 61.6 Å². The molecule has 0 unspecified atom stereocenters. The van der Waals surface area contributed by atoms with Crippen LogP contribution in [0.5, 0.6) is 0 Å². The van der Waals surface area contributed by atoms with Crippen LogP contribution in [-0.4, -0.2) is 54.7 Å². The molecule has 2 aromatic rings. The highest BCUT2D eigenvalue weighted by atomic mass is 16.5. The van der Waals surface area contributed by atoms with Crippen molar-refractivity contribution in [3.8, 4) is 11.3 Å². The third-order valence-electron chi connectivity index (χ3n) is 4.35. The average molecular weight is 298 g/mol. The van der Waals surface area contributed by atoms with Gasteiger partial charge in [-0.2, -0.15) is 0 Å². The van der Waals surface area contributed by atoms with Gasteiger partial charge in [-0.15, -0.1) is 0 Å². The second kappa shape index (κ2) is 5.55. The molecule has 0 spiro atoms. The Bertz CT molecular complexity index is 670. The summed E-state index contributed by atoms with van der Waals surface area (Å²) in [4.78, 5) is 16.6. The van der Waals surface area contributed by atoms with Crippen molar-refractivity contribution < 1.29 is 9.32 Å². The Hall–Kier alpha value is -2.18. The number of carbonyl (C=O) groups is 1. The van der Waals surface area contributed by atoms with Crippen LogP contribution in [0.2, 0.25) is 0 Å². The third-order valence-corrected chi connectivity index (χ3v) is 4.35. The summed E-state index contributed by atoms with van der Waals surface area (Å²) in [5.74, 6) is 0.628. The number of hydrogen-bond donors (Lipinski definition) is 1. The smallest absolute Gasteiger partial charge is 0.248 e. The van der Waals surface area contributed by atoms with Crippen LogP contribution in [-0.2, 0) is 4.79 Å². The van der Waals surface area contributed by atoms with Gasteiger partial charge in [0.05, 0.1) is 0 Å². The molecule has 1 atom stereocenters. The van der Waals surface area contributed by atoms with Gasteiger partial charge in [-0.05, 0) is 0 Å². The lowest BCUT2D eigenvalue weighted by Crippen LogP contribution is -2.64. The summed E-state index contributed by atoms with van der Waals surface area (Å²) in [6.45, 7) is 4.10. The molecule has 114 valence electrons. The molecule has 1 N–H and O–H groups in total. The molecule has 2 aliphatic rings. The highest BCUT2D eigenvalue weighted by molar-refractivity contribution is 5.97. The number of amides is 1. The lowest BCUT2D eigenvalue weighted by molar-refractivity contribution is -0.126. The number of piperazine rings is 2. The van der Waals surface area contributed by atoms with Crippen LogP contribution < -0.4 is 10.2 Å². The maximum atomic E-state index is 12.7. The monoisotopic (exact) mass is 298 g/mol. The number of nitrogens with one attached hydrogen (secondary N) is 1. The van der Waals surface area contributed by atoms with Gasteiger partial charge in [-0.1, -0.05) is 35.5 Å². The first-order chi connectivity index (χ1) is 10.8. The zero-order valence-electron chi connectivity index (χ0n) is 12.2. The fourth-order valence-corrected chi connectivity index (χ4v) is 3.13. The van der Waals surface area contributed by atoms with E-state index in [2.05, 4.69) is 15.4 Å². The van der Waals surface area contributed by atoms with Gasteiger partial charge in [0, 0.05) is 44.4 Å². The van der Waals surface area contributed by atoms with Crippen LogP contribution in [0.15, 0.2) is 40.9 Å². The standard InChI is InChI=1S/C16H18N4O2/c21-16-14-11-17-6-7-19(14)8-9-20(16)15-10-13(18-22-15)12-4-2-1-3-5-12/h1-5,10,14,17H,6-9,11H2/t14-/m1/s1. The maximum Gasteiger partial charge on any atom is 0.248 e. The number of fused-ring (bicyclic) bond motifs is 1. The Morgan fingerprint density at radius 2 is 2.05 bits per heavy atom. The van der Waals surface area contributed by atoms with E-state index in [1.807, 2.05) is 36.4 Å². The van der Waals surface area contributed by atoms with Gasteiger partial charge in [0.15, 0.2) is 0 Å². The summed E-state index contributed by atoms with van der Waals surface area (Å²) in [6.07, 6.45) is 0. The number of carbonyl (C=O) groups excluding carboxylic acids is 1. The molecule has 0 aliphatic carbocycles. The van der Waals surface area contributed by atoms with Gasteiger partial charge in [0.25, 0.3) is 0 Å². The molecule has 1 amide bonds. The SMILES string of the molecule is O=C1[C@H]2CNCCN2CCN1c1cc(-c2ccccc2)no1. The van der Waals surface area contributed by atoms with Crippen molar-refractivity contribution in [3.63, 3.8) is 0 Å². The Kier molecular flexibility index (Phi) is 3.40. The van der Waals surface area contributed by atoms with Crippen molar-refractivity contribution >= 4 is 11.8 Å². The van der Waals surface area contributed by atoms with Crippen LogP contribution >= 0.6 is 0 Å². The van der Waals surface area contributed by atoms with E-state index in [9.17, 15) is 4.79 Å². The van der Waals surface area contributed by atoms with E-state index >= 15 is 0 Å². The minimum Gasteiger partial charge on any atom is -0.338 e. The van der Waals surface area contributed by atoms with E-state index in [0.717, 1.165) is 30.9 Å². The molecule has 2 fully saturated rings. The fourth-order valence-electron chi connectivity index (χ4n) is 3.13. The number of nitrogens with zero attached hydrogens (tertiary/aromatic N) is 3. The lowest BCUT2D eigenvalue weighted by Gasteiger charge is -2.42. The Morgan fingerprint density at radius 1 is 1.18 bits per heavy atom. The van der Waals surface area contributed by atoms with Gasteiger partial charge >= 0.3 is 0 Å². The van der Waals surface area contributed by atoms with Crippen LogP contribution in [0, 0.1) is 0 Å². The average Bonchev–Trinajstić information content (AvgIpc) is 3.06. The first-order valence-electron chi connectivity index (χ1n) is 7.61. The molecule has 0 radical (unpaired) electrons. The predicted octanol–water partition coefficient (Wildman–Crippen LogP) is 0.962. The van der Waals surface area contributed by atoms with Gasteiger partial charge in [0.2, 0.25) is 11.8 Å². The van der Waals surface area contributed by atoms with Crippen LogP contribution in [0.1, 0.15) is 0 Å². The van der Waals surface area contributed by atoms with E-state index < -0.39 is 0 Å². The van der Waals surface area contributed by atoms with E-state index in [4.69, 9.17) is 4.52 Å². The lowest BCUT2D eigenvalue weighted by atomic mass is 10.1. The minimum atomic E-state index is -0.0900. The molecule has 4 rings (SSSR count). The Balaban J connectivity index is 1.57. The first-order valence-corrected chi connectivity index (χ1v) is 7.61. The second-order valence-corrected chi connectivity index (χ2v) is 5.66. The Morgan fingerprint density at radius 3 is 2.91 bits per heavy atom. The first kappa shape index (κ1) is 13.5. The van der Waals surface area contributed by atoms with Crippen molar-refractivity contribution in [2.24, 2.45) is 0 Å². The number of benzene rings is 1. The van der Waals surface area contributed by atoms with Gasteiger partial charge in [-0.25, -0.2) is 0 Å². The van der Waals surface area contributed by atoms with Crippen molar-refractivity contribution in [1.29, 1.82) is 0 Å². The number of aromatic nitrogens is 1. The molecule has 1 aromatic carbocycles. The third kappa shape index (κ3) is 2.30. The molecule has 0 saturated carbocycles. The van der Waals surface area contributed by atoms with Crippen molar-refractivity contribution in [2.75, 3.05) is 37.6 Å². The Labute approximate surface area is 128 Å². The van der Waals surface area contributed by atoms with Gasteiger partial charge < -0.3 is 9.84 Å². The quantitative estimate of drug-likeness (QED) is 0.895. The molecule has 2 aliphatic heterocycles. The summed E-state index contributed by atoms with van der Waals surface area (Å²) >= 11 is 0. The zero-order chi connectivity index (χ0) is 14.9. The molecule has 6 nitrogen and oxygen atoms in total. The molecule has 0 bridgehead atoms. The summed E-state index contributed by atoms with van der Waals surface area (Å²) < 4.78 is 5.42. The number of hydrogen-bond acceptors (Lipinski definition) is 5. The molecule has 2 saturated heterocycles. The normalized spacial score (nSPS) is 22.6. The van der Waals surface area contributed by atoms with Crippen molar-refractivity contribution in [3.05, 3.63) is 36.4 Å². The molecule has 6 heteroatoms. The summed E-state index contributed by atoms with van der Waals surface area (Å²) in [5, 5.41) is 7.38. The van der Waals surface area contributed by atoms with E-state index in [1.165, 1.54) is 0 Å². The van der Waals surface area contributed by atoms with Crippen LogP contribution in [0.3, 0.4) is 0 Å². The van der Waals surface area contributed by atoms with Crippen molar-refractivity contribution in [1.82, 2.24) is 15.4 Å². The van der Waals surface area contributed by atoms with Crippen LogP contribution in [0.4, 0.5) is 5.88 Å². The van der Waals surface area contributed by atoms with E-state index in [0.29, 0.717) is 19.0 Å². The number of anilines is 1. The van der Waals surface area contributed by atoms with Crippen LogP contribution in [0.25, 0.3) is 11.3 Å². The molecule has 3 heterocycles. The van der Waals surface area contributed by atoms with E-state index in [-0.39, 0.29) is 11.9 Å². The highest BCUT2D eigenvalue weighted by Crippen LogP contribution is 2.26. The molecular formula is C16H18N4O2. The zero-order valence-corrected chi connectivity index (χ0v) is 12.2. The van der Waals surface area contributed by atoms with E-state index in [1.54, 1.807) is 4.90 Å². The molecule has 1 aromatic heterocycles. The number of rotatable bonds is 2.